The van der Waals surface area contributed by atoms with E-state index in [0.29, 0.717) is 11.4 Å². The highest BCUT2D eigenvalue weighted by atomic mass is 19.1. The monoisotopic (exact) mass is 339 g/mol. The Morgan fingerprint density at radius 3 is 2.56 bits per heavy atom. The van der Waals surface area contributed by atoms with E-state index in [9.17, 15) is 19.1 Å². The predicted octanol–water partition coefficient (Wildman–Crippen LogP) is 2.64. The zero-order valence-electron chi connectivity index (χ0n) is 13.2. The summed E-state index contributed by atoms with van der Waals surface area (Å²) in [6, 6.07) is 13.1. The van der Waals surface area contributed by atoms with Gasteiger partial charge in [0.05, 0.1) is 5.69 Å². The van der Waals surface area contributed by atoms with Crippen molar-refractivity contribution < 1.29 is 14.3 Å². The van der Waals surface area contributed by atoms with Crippen molar-refractivity contribution in [3.8, 4) is 11.4 Å². The summed E-state index contributed by atoms with van der Waals surface area (Å²) in [6.07, 6.45) is 0. The molecule has 3 rings (SSSR count). The first-order chi connectivity index (χ1) is 11.9. The summed E-state index contributed by atoms with van der Waals surface area (Å²) in [7, 11) is 0. The maximum absolute atomic E-state index is 12.9. The number of nitrogens with zero attached hydrogens (tertiary/aromatic N) is 2. The first-order valence-corrected chi connectivity index (χ1v) is 7.41. The van der Waals surface area contributed by atoms with Gasteiger partial charge in [-0.05, 0) is 48.9 Å². The third-order valence-corrected chi connectivity index (χ3v) is 3.47. The third-order valence-electron chi connectivity index (χ3n) is 3.47. The van der Waals surface area contributed by atoms with Crippen LogP contribution in [0.2, 0.25) is 0 Å². The first kappa shape index (κ1) is 16.4. The number of amides is 1. The highest BCUT2D eigenvalue weighted by molar-refractivity contribution is 6.04. The Hall–Kier alpha value is -3.48. The van der Waals surface area contributed by atoms with Gasteiger partial charge >= 0.3 is 0 Å². The number of carbonyl (C=O) groups excluding carboxylic acids is 1. The number of hydrogen-bond donors (Lipinski definition) is 2. The molecule has 6 nitrogen and oxygen atoms in total. The molecule has 1 amide bonds. The predicted molar refractivity (Wildman–Crippen MR) is 90.6 cm³/mol. The third kappa shape index (κ3) is 3.55. The molecule has 0 aliphatic rings. The first-order valence-electron chi connectivity index (χ1n) is 7.41. The van der Waals surface area contributed by atoms with E-state index in [4.69, 9.17) is 0 Å². The summed E-state index contributed by atoms with van der Waals surface area (Å²) in [6.45, 7) is 1.86. The van der Waals surface area contributed by atoms with Crippen LogP contribution in [0.3, 0.4) is 0 Å². The van der Waals surface area contributed by atoms with Gasteiger partial charge in [0.1, 0.15) is 5.82 Å². The molecule has 2 aromatic carbocycles. The lowest BCUT2D eigenvalue weighted by Gasteiger charge is -2.10. The van der Waals surface area contributed by atoms with E-state index in [1.54, 1.807) is 18.2 Å². The van der Waals surface area contributed by atoms with E-state index in [1.807, 2.05) is 13.0 Å². The van der Waals surface area contributed by atoms with E-state index in [0.717, 1.165) is 16.3 Å². The number of aromatic hydroxyl groups is 1. The minimum atomic E-state index is -0.717. The summed E-state index contributed by atoms with van der Waals surface area (Å²) in [5.74, 6) is -1.69. The molecule has 3 aromatic rings. The number of carbonyl (C=O) groups is 1. The van der Waals surface area contributed by atoms with Gasteiger partial charge in [0.25, 0.3) is 11.5 Å². The Morgan fingerprint density at radius 2 is 1.88 bits per heavy atom. The molecule has 0 aliphatic heterocycles. The Kier molecular flexibility index (Phi) is 4.30. The zero-order valence-corrected chi connectivity index (χ0v) is 13.2. The van der Waals surface area contributed by atoms with Gasteiger partial charge in [-0.15, -0.1) is 0 Å². The van der Waals surface area contributed by atoms with E-state index in [2.05, 4.69) is 10.4 Å². The van der Waals surface area contributed by atoms with Crippen molar-refractivity contribution in [1.29, 1.82) is 0 Å². The van der Waals surface area contributed by atoms with Gasteiger partial charge < -0.3 is 10.4 Å². The molecule has 0 aliphatic carbocycles. The fourth-order valence-electron chi connectivity index (χ4n) is 2.28. The summed E-state index contributed by atoms with van der Waals surface area (Å²) in [5.41, 5.74) is 0.838. The van der Waals surface area contributed by atoms with Crippen LogP contribution in [0.1, 0.15) is 16.1 Å². The van der Waals surface area contributed by atoms with Gasteiger partial charge in [-0.1, -0.05) is 12.1 Å². The lowest BCUT2D eigenvalue weighted by molar-refractivity contribution is 0.101. The summed E-state index contributed by atoms with van der Waals surface area (Å²) >= 11 is 0. The molecule has 0 saturated carbocycles. The number of benzene rings is 2. The van der Waals surface area contributed by atoms with Crippen LogP contribution in [0, 0.1) is 12.7 Å². The lowest BCUT2D eigenvalue weighted by atomic mass is 10.2. The Morgan fingerprint density at radius 1 is 1.16 bits per heavy atom. The van der Waals surface area contributed by atoms with Crippen molar-refractivity contribution in [2.75, 3.05) is 5.32 Å². The number of nitrogens with one attached hydrogen (secondary N) is 1. The average molecular weight is 339 g/mol. The Bertz CT molecular complexity index is 997. The number of anilines is 1. The Balaban J connectivity index is 1.98. The van der Waals surface area contributed by atoms with Crippen LogP contribution in [-0.4, -0.2) is 20.8 Å². The molecule has 0 unspecified atom stereocenters. The highest BCUT2D eigenvalue weighted by Gasteiger charge is 2.17. The smallest absolute Gasteiger partial charge is 0.279 e. The Labute approximate surface area is 142 Å². The van der Waals surface area contributed by atoms with Gasteiger partial charge in [0.15, 0.2) is 11.4 Å². The molecule has 25 heavy (non-hydrogen) atoms. The molecule has 1 aromatic heterocycles. The molecular weight excluding hydrogens is 325 g/mol. The molecule has 0 fully saturated rings. The molecule has 0 saturated heterocycles. The lowest BCUT2D eigenvalue weighted by Crippen LogP contribution is -2.25. The van der Waals surface area contributed by atoms with Crippen molar-refractivity contribution in [1.82, 2.24) is 9.78 Å². The second-order valence-electron chi connectivity index (χ2n) is 5.43. The van der Waals surface area contributed by atoms with E-state index in [-0.39, 0.29) is 5.69 Å². The number of aromatic nitrogens is 2. The average Bonchev–Trinajstić information content (AvgIpc) is 2.57. The van der Waals surface area contributed by atoms with Gasteiger partial charge in [-0.25, -0.2) is 4.39 Å². The largest absolute Gasteiger partial charge is 0.505 e. The summed E-state index contributed by atoms with van der Waals surface area (Å²) in [4.78, 5) is 24.4. The second kappa shape index (κ2) is 6.56. The van der Waals surface area contributed by atoms with E-state index in [1.165, 1.54) is 24.3 Å². The van der Waals surface area contributed by atoms with Crippen molar-refractivity contribution in [3.05, 3.63) is 82.0 Å². The van der Waals surface area contributed by atoms with Crippen LogP contribution in [0.5, 0.6) is 5.75 Å². The molecule has 126 valence electrons. The highest BCUT2D eigenvalue weighted by Crippen LogP contribution is 2.16. The van der Waals surface area contributed by atoms with E-state index >= 15 is 0 Å². The SMILES string of the molecule is Cc1cccc(-n2nc(C(=O)Nc3ccc(F)cc3)c(O)cc2=O)c1. The summed E-state index contributed by atoms with van der Waals surface area (Å²) < 4.78 is 14.0. The number of rotatable bonds is 3. The topological polar surface area (TPSA) is 84.2 Å². The molecule has 1 heterocycles. The minimum absolute atomic E-state index is 0.314. The van der Waals surface area contributed by atoms with E-state index < -0.39 is 23.0 Å². The van der Waals surface area contributed by atoms with Crippen LogP contribution in [-0.2, 0) is 0 Å². The quantitative estimate of drug-likeness (QED) is 0.768. The fraction of sp³-hybridized carbons (Fsp3) is 0.0556. The second-order valence-corrected chi connectivity index (χ2v) is 5.43. The van der Waals surface area contributed by atoms with Crippen LogP contribution < -0.4 is 10.9 Å². The number of hydrogen-bond acceptors (Lipinski definition) is 4. The maximum atomic E-state index is 12.9. The maximum Gasteiger partial charge on any atom is 0.279 e. The van der Waals surface area contributed by atoms with Crippen LogP contribution in [0.15, 0.2) is 59.4 Å². The number of halogens is 1. The van der Waals surface area contributed by atoms with Gasteiger partial charge in [-0.2, -0.15) is 9.78 Å². The molecule has 2 N–H and O–H groups in total. The fourth-order valence-corrected chi connectivity index (χ4v) is 2.28. The summed E-state index contributed by atoms with van der Waals surface area (Å²) in [5, 5.41) is 16.4. The van der Waals surface area contributed by atoms with Crippen LogP contribution in [0.4, 0.5) is 10.1 Å². The zero-order chi connectivity index (χ0) is 18.0. The van der Waals surface area contributed by atoms with Crippen molar-refractivity contribution in [2.45, 2.75) is 6.92 Å². The normalized spacial score (nSPS) is 10.5. The van der Waals surface area contributed by atoms with Gasteiger partial charge in [0.2, 0.25) is 0 Å². The van der Waals surface area contributed by atoms with Crippen molar-refractivity contribution in [3.63, 3.8) is 0 Å². The molecule has 0 radical (unpaired) electrons. The van der Waals surface area contributed by atoms with Gasteiger partial charge in [0, 0.05) is 11.8 Å². The molecule has 0 spiro atoms. The molecular formula is C18H14FN3O3. The minimum Gasteiger partial charge on any atom is -0.505 e. The molecule has 0 bridgehead atoms. The van der Waals surface area contributed by atoms with Gasteiger partial charge in [-0.3, -0.25) is 9.59 Å². The standard InChI is InChI=1S/C18H14FN3O3/c1-11-3-2-4-14(9-11)22-16(24)10-15(23)17(21-22)18(25)20-13-7-5-12(19)6-8-13/h2-10,23H,1H3,(H,20,25). The van der Waals surface area contributed by atoms with Crippen molar-refractivity contribution >= 4 is 11.6 Å². The van der Waals surface area contributed by atoms with Crippen LogP contribution >= 0.6 is 0 Å². The number of aryl methyl sites for hydroxylation is 1. The molecule has 0 atom stereocenters. The van der Waals surface area contributed by atoms with Crippen LogP contribution in [0.25, 0.3) is 5.69 Å². The molecule has 7 heteroatoms. The van der Waals surface area contributed by atoms with Crippen molar-refractivity contribution in [2.24, 2.45) is 0 Å².